The predicted octanol–water partition coefficient (Wildman–Crippen LogP) is 2.04. The van der Waals surface area contributed by atoms with Crippen LogP contribution in [0.15, 0.2) is 24.3 Å². The summed E-state index contributed by atoms with van der Waals surface area (Å²) in [6.45, 7) is 4.05. The lowest BCUT2D eigenvalue weighted by molar-refractivity contribution is 0.0928. The van der Waals surface area contributed by atoms with Crippen LogP contribution in [-0.4, -0.2) is 31.4 Å². The van der Waals surface area contributed by atoms with Crippen LogP contribution in [-0.2, 0) is 4.74 Å². The normalized spacial score (nSPS) is 11.9. The molecule has 0 heterocycles. The largest absolute Gasteiger partial charge is 0.385 e. The number of hydrogen-bond acceptors (Lipinski definition) is 3. The van der Waals surface area contributed by atoms with Crippen LogP contribution in [0.1, 0.15) is 41.0 Å². The van der Waals surface area contributed by atoms with Crippen LogP contribution >= 0.6 is 0 Å². The van der Waals surface area contributed by atoms with E-state index in [2.05, 4.69) is 5.32 Å². The summed E-state index contributed by atoms with van der Waals surface area (Å²) < 4.78 is 4.95. The summed E-state index contributed by atoms with van der Waals surface area (Å²) in [5, 5.41) is 2.88. The fraction of sp³-hybridized carbons (Fsp3) is 0.429. The van der Waals surface area contributed by atoms with Crippen LogP contribution in [0, 0.1) is 0 Å². The third kappa shape index (κ3) is 4.30. The van der Waals surface area contributed by atoms with Crippen LogP contribution in [0.3, 0.4) is 0 Å². The Hall–Kier alpha value is -1.68. The molecule has 18 heavy (non-hydrogen) atoms. The Labute approximate surface area is 107 Å². The zero-order chi connectivity index (χ0) is 13.5. The molecule has 0 radical (unpaired) electrons. The molecule has 4 nitrogen and oxygen atoms in total. The van der Waals surface area contributed by atoms with Crippen molar-refractivity contribution in [3.05, 3.63) is 35.4 Å². The van der Waals surface area contributed by atoms with Crippen molar-refractivity contribution in [2.45, 2.75) is 26.3 Å². The first-order valence-corrected chi connectivity index (χ1v) is 5.95. The summed E-state index contributed by atoms with van der Waals surface area (Å²) in [7, 11) is 1.63. The second-order valence-corrected chi connectivity index (χ2v) is 4.29. The van der Waals surface area contributed by atoms with Gasteiger partial charge in [-0.1, -0.05) is 12.1 Å². The zero-order valence-corrected chi connectivity index (χ0v) is 11.0. The molecule has 0 saturated carbocycles. The van der Waals surface area contributed by atoms with Crippen molar-refractivity contribution in [3.63, 3.8) is 0 Å². The molecule has 4 heteroatoms. The molecule has 98 valence electrons. The topological polar surface area (TPSA) is 55.4 Å². The number of ketones is 1. The number of ether oxygens (including phenoxy) is 1. The molecule has 0 aliphatic heterocycles. The Morgan fingerprint density at radius 3 is 2.28 bits per heavy atom. The maximum atomic E-state index is 11.9. The van der Waals surface area contributed by atoms with Crippen molar-refractivity contribution in [1.82, 2.24) is 5.32 Å². The molecule has 1 rings (SSSR count). The van der Waals surface area contributed by atoms with E-state index in [0.717, 1.165) is 6.42 Å². The molecular formula is C14H19NO3. The Kier molecular flexibility index (Phi) is 5.52. The minimum absolute atomic E-state index is 0.00424. The van der Waals surface area contributed by atoms with Crippen molar-refractivity contribution >= 4 is 11.7 Å². The molecule has 1 unspecified atom stereocenters. The molecule has 0 spiro atoms. The first-order chi connectivity index (χ1) is 8.54. The predicted molar refractivity (Wildman–Crippen MR) is 69.9 cm³/mol. The number of carbonyl (C=O) groups excluding carboxylic acids is 2. The number of rotatable bonds is 6. The lowest BCUT2D eigenvalue weighted by Crippen LogP contribution is -2.33. The van der Waals surface area contributed by atoms with Crippen molar-refractivity contribution in [1.29, 1.82) is 0 Å². The van der Waals surface area contributed by atoms with Gasteiger partial charge < -0.3 is 10.1 Å². The van der Waals surface area contributed by atoms with E-state index in [1.165, 1.54) is 6.92 Å². The van der Waals surface area contributed by atoms with Crippen molar-refractivity contribution in [2.75, 3.05) is 13.7 Å². The number of carbonyl (C=O) groups is 2. The second kappa shape index (κ2) is 6.91. The highest BCUT2D eigenvalue weighted by molar-refractivity contribution is 5.97. The molecule has 0 aliphatic rings. The molecular weight excluding hydrogens is 230 g/mol. The first-order valence-electron chi connectivity index (χ1n) is 5.95. The molecule has 0 saturated heterocycles. The van der Waals surface area contributed by atoms with Gasteiger partial charge in [0.05, 0.1) is 0 Å². The summed E-state index contributed by atoms with van der Waals surface area (Å²) in [4.78, 5) is 23.0. The number of hydrogen-bond donors (Lipinski definition) is 1. The van der Waals surface area contributed by atoms with E-state index in [-0.39, 0.29) is 17.7 Å². The van der Waals surface area contributed by atoms with Crippen LogP contribution in [0.25, 0.3) is 0 Å². The van der Waals surface area contributed by atoms with Gasteiger partial charge in [0.25, 0.3) is 5.91 Å². The smallest absolute Gasteiger partial charge is 0.251 e. The standard InChI is InChI=1S/C14H19NO3/c1-10(8-9-18-3)15-14(17)13-6-4-12(5-7-13)11(2)16/h4-7,10H,8-9H2,1-3H3,(H,15,17). The van der Waals surface area contributed by atoms with E-state index in [1.807, 2.05) is 6.92 Å². The molecule has 1 aromatic carbocycles. The van der Waals surface area contributed by atoms with Crippen LogP contribution in [0.2, 0.25) is 0 Å². The number of amides is 1. The van der Waals surface area contributed by atoms with Crippen LogP contribution in [0.5, 0.6) is 0 Å². The van der Waals surface area contributed by atoms with Crippen LogP contribution < -0.4 is 5.32 Å². The minimum atomic E-state index is -0.131. The molecule has 0 aliphatic carbocycles. The number of benzene rings is 1. The van der Waals surface area contributed by atoms with Crippen LogP contribution in [0.4, 0.5) is 0 Å². The van der Waals surface area contributed by atoms with Gasteiger partial charge in [-0.05, 0) is 32.4 Å². The summed E-state index contributed by atoms with van der Waals surface area (Å²) in [5.41, 5.74) is 1.17. The van der Waals surface area contributed by atoms with Gasteiger partial charge in [-0.25, -0.2) is 0 Å². The van der Waals surface area contributed by atoms with E-state index < -0.39 is 0 Å². The minimum Gasteiger partial charge on any atom is -0.385 e. The van der Waals surface area contributed by atoms with Gasteiger partial charge in [-0.2, -0.15) is 0 Å². The van der Waals surface area contributed by atoms with Gasteiger partial charge in [0.1, 0.15) is 0 Å². The van der Waals surface area contributed by atoms with Gasteiger partial charge in [-0.15, -0.1) is 0 Å². The van der Waals surface area contributed by atoms with Gasteiger partial charge in [0.15, 0.2) is 5.78 Å². The highest BCUT2D eigenvalue weighted by atomic mass is 16.5. The quantitative estimate of drug-likeness (QED) is 0.785. The maximum Gasteiger partial charge on any atom is 0.251 e. The van der Waals surface area contributed by atoms with E-state index in [9.17, 15) is 9.59 Å². The first kappa shape index (κ1) is 14.4. The highest BCUT2D eigenvalue weighted by Crippen LogP contribution is 2.06. The van der Waals surface area contributed by atoms with Crippen molar-refractivity contribution < 1.29 is 14.3 Å². The van der Waals surface area contributed by atoms with Gasteiger partial charge >= 0.3 is 0 Å². The second-order valence-electron chi connectivity index (χ2n) is 4.29. The average Bonchev–Trinajstić information content (AvgIpc) is 2.36. The lowest BCUT2D eigenvalue weighted by Gasteiger charge is -2.13. The third-order valence-electron chi connectivity index (χ3n) is 2.69. The maximum absolute atomic E-state index is 11.9. The molecule has 1 N–H and O–H groups in total. The van der Waals surface area contributed by atoms with E-state index >= 15 is 0 Å². The average molecular weight is 249 g/mol. The summed E-state index contributed by atoms with van der Waals surface area (Å²) >= 11 is 0. The van der Waals surface area contributed by atoms with Gasteiger partial charge in [0, 0.05) is 30.9 Å². The lowest BCUT2D eigenvalue weighted by atomic mass is 10.1. The van der Waals surface area contributed by atoms with E-state index in [1.54, 1.807) is 31.4 Å². The fourth-order valence-electron chi connectivity index (χ4n) is 1.53. The molecule has 0 aromatic heterocycles. The Morgan fingerprint density at radius 1 is 1.22 bits per heavy atom. The Balaban J connectivity index is 2.58. The number of Topliss-reactive ketones (excluding diaryl/α,β-unsaturated/α-hetero) is 1. The summed E-state index contributed by atoms with van der Waals surface area (Å²) in [6.07, 6.45) is 0.772. The molecule has 1 amide bonds. The summed E-state index contributed by atoms with van der Waals surface area (Å²) in [6, 6.07) is 6.71. The SMILES string of the molecule is COCCC(C)NC(=O)c1ccc(C(C)=O)cc1. The number of nitrogens with one attached hydrogen (secondary N) is 1. The Bertz CT molecular complexity index is 412. The summed E-state index contributed by atoms with van der Waals surface area (Å²) in [5.74, 6) is -0.135. The fourth-order valence-corrected chi connectivity index (χ4v) is 1.53. The van der Waals surface area contributed by atoms with E-state index in [4.69, 9.17) is 4.74 Å². The van der Waals surface area contributed by atoms with Crippen molar-refractivity contribution in [2.24, 2.45) is 0 Å². The monoisotopic (exact) mass is 249 g/mol. The third-order valence-corrected chi connectivity index (χ3v) is 2.69. The molecule has 0 bridgehead atoms. The molecule has 1 atom stereocenters. The zero-order valence-electron chi connectivity index (χ0n) is 11.0. The van der Waals surface area contributed by atoms with Gasteiger partial charge in [-0.3, -0.25) is 9.59 Å². The van der Waals surface area contributed by atoms with E-state index in [0.29, 0.717) is 17.7 Å². The van der Waals surface area contributed by atoms with Gasteiger partial charge in [0.2, 0.25) is 0 Å². The highest BCUT2D eigenvalue weighted by Gasteiger charge is 2.09. The molecule has 1 aromatic rings. The molecule has 0 fully saturated rings. The Morgan fingerprint density at radius 2 is 1.78 bits per heavy atom. The number of methoxy groups -OCH3 is 1. The van der Waals surface area contributed by atoms with Crippen molar-refractivity contribution in [3.8, 4) is 0 Å².